The lowest BCUT2D eigenvalue weighted by atomic mass is 9.96. The first-order valence-corrected chi connectivity index (χ1v) is 6.33. The molecule has 1 aliphatic rings. The molecule has 0 saturated heterocycles. The van der Waals surface area contributed by atoms with E-state index < -0.39 is 0 Å². The van der Waals surface area contributed by atoms with Gasteiger partial charge in [-0.15, -0.1) is 0 Å². The zero-order valence-corrected chi connectivity index (χ0v) is 11.3. The molecule has 0 amide bonds. The average molecular weight is 230 g/mol. The second-order valence-electron chi connectivity index (χ2n) is 3.82. The van der Waals surface area contributed by atoms with Gasteiger partial charge in [-0.2, -0.15) is 0 Å². The normalized spacial score (nSPS) is 13.5. The maximum Gasteiger partial charge on any atom is 0.119 e. The van der Waals surface area contributed by atoms with Crippen molar-refractivity contribution < 1.29 is 4.74 Å². The Kier molecular flexibility index (Phi) is 5.55. The molecule has 0 fully saturated rings. The lowest BCUT2D eigenvalue weighted by Gasteiger charge is -2.11. The van der Waals surface area contributed by atoms with Crippen molar-refractivity contribution in [3.05, 3.63) is 47.6 Å². The minimum atomic E-state index is 0.926. The maximum atomic E-state index is 5.25. The quantitative estimate of drug-likeness (QED) is 0.711. The van der Waals surface area contributed by atoms with Crippen molar-refractivity contribution >= 4 is 5.57 Å². The topological polar surface area (TPSA) is 9.23 Å². The van der Waals surface area contributed by atoms with Gasteiger partial charge in [0.15, 0.2) is 0 Å². The van der Waals surface area contributed by atoms with E-state index in [1.54, 1.807) is 7.11 Å². The van der Waals surface area contributed by atoms with E-state index in [4.69, 9.17) is 4.74 Å². The number of hydrogen-bond acceptors (Lipinski definition) is 1. The number of benzene rings is 1. The molecule has 0 atom stereocenters. The molecule has 1 heteroatoms. The van der Waals surface area contributed by atoms with Crippen LogP contribution in [-0.4, -0.2) is 7.11 Å². The van der Waals surface area contributed by atoms with Crippen LogP contribution in [0.2, 0.25) is 0 Å². The highest BCUT2D eigenvalue weighted by Crippen LogP contribution is 2.27. The first-order valence-electron chi connectivity index (χ1n) is 6.33. The van der Waals surface area contributed by atoms with Crippen LogP contribution in [0.15, 0.2) is 36.4 Å². The first-order chi connectivity index (χ1) is 8.31. The molecular weight excluding hydrogens is 208 g/mol. The molecule has 2 rings (SSSR count). The highest BCUT2D eigenvalue weighted by molar-refractivity contribution is 5.77. The predicted octanol–water partition coefficient (Wildman–Crippen LogP) is 4.76. The molecule has 0 N–H and O–H groups in total. The molecule has 0 saturated carbocycles. The molecule has 0 bridgehead atoms. The number of rotatable bonds is 2. The summed E-state index contributed by atoms with van der Waals surface area (Å²) in [5.41, 5.74) is 3.90. The van der Waals surface area contributed by atoms with E-state index >= 15 is 0 Å². The lowest BCUT2D eigenvalue weighted by molar-refractivity contribution is 0.414. The SMILES string of the molecule is CC.COc1ccc(C)c(C2=CCCC=C2)c1. The minimum Gasteiger partial charge on any atom is -0.497 e. The summed E-state index contributed by atoms with van der Waals surface area (Å²) in [7, 11) is 1.71. The smallest absolute Gasteiger partial charge is 0.119 e. The van der Waals surface area contributed by atoms with Gasteiger partial charge < -0.3 is 4.74 Å². The molecule has 0 radical (unpaired) electrons. The van der Waals surface area contributed by atoms with Crippen molar-refractivity contribution in [2.45, 2.75) is 33.6 Å². The summed E-state index contributed by atoms with van der Waals surface area (Å²) in [4.78, 5) is 0. The van der Waals surface area contributed by atoms with E-state index in [1.165, 1.54) is 16.7 Å². The molecule has 0 aromatic heterocycles. The zero-order chi connectivity index (χ0) is 12.7. The minimum absolute atomic E-state index is 0.926. The van der Waals surface area contributed by atoms with Crippen molar-refractivity contribution in [1.29, 1.82) is 0 Å². The first kappa shape index (κ1) is 13.6. The van der Waals surface area contributed by atoms with Crippen LogP contribution in [0.4, 0.5) is 0 Å². The second-order valence-corrected chi connectivity index (χ2v) is 3.82. The summed E-state index contributed by atoms with van der Waals surface area (Å²) in [6.45, 7) is 6.14. The van der Waals surface area contributed by atoms with Crippen molar-refractivity contribution in [3.8, 4) is 5.75 Å². The summed E-state index contributed by atoms with van der Waals surface area (Å²) in [5.74, 6) is 0.926. The molecule has 1 nitrogen and oxygen atoms in total. The van der Waals surface area contributed by atoms with Crippen LogP contribution in [0.1, 0.15) is 37.8 Å². The molecule has 0 unspecified atom stereocenters. The fourth-order valence-corrected chi connectivity index (χ4v) is 1.85. The Labute approximate surface area is 105 Å². The fraction of sp³-hybridized carbons (Fsp3) is 0.375. The number of ether oxygens (including phenoxy) is 1. The van der Waals surface area contributed by atoms with Gasteiger partial charge in [-0.25, -0.2) is 0 Å². The Morgan fingerprint density at radius 1 is 1.12 bits per heavy atom. The van der Waals surface area contributed by atoms with Gasteiger partial charge in [-0.3, -0.25) is 0 Å². The van der Waals surface area contributed by atoms with Gasteiger partial charge in [0, 0.05) is 0 Å². The summed E-state index contributed by atoms with van der Waals surface area (Å²) in [6, 6.07) is 6.22. The van der Waals surface area contributed by atoms with Crippen LogP contribution in [0.3, 0.4) is 0 Å². The number of allylic oxidation sites excluding steroid dienone is 4. The molecule has 0 aliphatic heterocycles. The standard InChI is InChI=1S/C14H16O.C2H6/c1-11-8-9-13(15-2)10-14(11)12-6-4-3-5-7-12;1-2/h4,6-10H,3,5H2,1-2H3;1-2H3. The van der Waals surface area contributed by atoms with Gasteiger partial charge >= 0.3 is 0 Å². The summed E-state index contributed by atoms with van der Waals surface area (Å²) >= 11 is 0. The third-order valence-electron chi connectivity index (χ3n) is 2.75. The molecular formula is C16H22O. The van der Waals surface area contributed by atoms with Crippen LogP contribution in [0.5, 0.6) is 5.75 Å². The lowest BCUT2D eigenvalue weighted by Crippen LogP contribution is -1.92. The fourth-order valence-electron chi connectivity index (χ4n) is 1.85. The van der Waals surface area contributed by atoms with Crippen LogP contribution < -0.4 is 4.74 Å². The van der Waals surface area contributed by atoms with Gasteiger partial charge in [0.05, 0.1) is 7.11 Å². The molecule has 92 valence electrons. The Morgan fingerprint density at radius 3 is 2.47 bits per heavy atom. The van der Waals surface area contributed by atoms with Crippen LogP contribution in [0, 0.1) is 6.92 Å². The van der Waals surface area contributed by atoms with Crippen LogP contribution in [0.25, 0.3) is 5.57 Å². The molecule has 1 aliphatic carbocycles. The summed E-state index contributed by atoms with van der Waals surface area (Å²) in [5, 5.41) is 0. The summed E-state index contributed by atoms with van der Waals surface area (Å²) in [6.07, 6.45) is 9.02. The van der Waals surface area contributed by atoms with Gasteiger partial charge in [-0.05, 0) is 48.6 Å². The maximum absolute atomic E-state index is 5.25. The van der Waals surface area contributed by atoms with E-state index in [1.807, 2.05) is 19.9 Å². The monoisotopic (exact) mass is 230 g/mol. The van der Waals surface area contributed by atoms with Crippen molar-refractivity contribution in [1.82, 2.24) is 0 Å². The summed E-state index contributed by atoms with van der Waals surface area (Å²) < 4.78 is 5.25. The van der Waals surface area contributed by atoms with Gasteiger partial charge in [0.25, 0.3) is 0 Å². The number of aryl methyl sites for hydroxylation is 1. The highest BCUT2D eigenvalue weighted by atomic mass is 16.5. The predicted molar refractivity (Wildman–Crippen MR) is 75.4 cm³/mol. The third kappa shape index (κ3) is 3.48. The van der Waals surface area contributed by atoms with Crippen LogP contribution >= 0.6 is 0 Å². The highest BCUT2D eigenvalue weighted by Gasteiger charge is 2.05. The molecule has 0 heterocycles. The van der Waals surface area contributed by atoms with E-state index in [0.29, 0.717) is 0 Å². The molecule has 0 spiro atoms. The molecule has 17 heavy (non-hydrogen) atoms. The molecule has 1 aromatic carbocycles. The third-order valence-corrected chi connectivity index (χ3v) is 2.75. The average Bonchev–Trinajstić information content (AvgIpc) is 2.42. The Morgan fingerprint density at radius 2 is 1.88 bits per heavy atom. The number of methoxy groups -OCH3 is 1. The van der Waals surface area contributed by atoms with Gasteiger partial charge in [0.2, 0.25) is 0 Å². The van der Waals surface area contributed by atoms with Crippen molar-refractivity contribution in [3.63, 3.8) is 0 Å². The van der Waals surface area contributed by atoms with E-state index in [-0.39, 0.29) is 0 Å². The molecule has 1 aromatic rings. The van der Waals surface area contributed by atoms with E-state index in [2.05, 4.69) is 37.3 Å². The zero-order valence-electron chi connectivity index (χ0n) is 11.3. The Balaban J connectivity index is 0.000000686. The van der Waals surface area contributed by atoms with Crippen molar-refractivity contribution in [2.75, 3.05) is 7.11 Å². The van der Waals surface area contributed by atoms with Gasteiger partial charge in [0.1, 0.15) is 5.75 Å². The Hall–Kier alpha value is -1.50. The van der Waals surface area contributed by atoms with E-state index in [0.717, 1.165) is 18.6 Å². The van der Waals surface area contributed by atoms with E-state index in [9.17, 15) is 0 Å². The van der Waals surface area contributed by atoms with Crippen molar-refractivity contribution in [2.24, 2.45) is 0 Å². The Bertz CT molecular complexity index is 414. The van der Waals surface area contributed by atoms with Gasteiger partial charge in [-0.1, -0.05) is 38.1 Å². The van der Waals surface area contributed by atoms with Crippen LogP contribution in [-0.2, 0) is 0 Å². The second kappa shape index (κ2) is 6.95. The largest absolute Gasteiger partial charge is 0.497 e. The number of hydrogen-bond donors (Lipinski definition) is 0.